The molecule has 1 saturated heterocycles. The number of benzene rings is 1. The standard InChI is InChI=1S/C18H25NO2/c1-21-17-8-7-16(13-17)19-11-9-15(10-12-19)18(20)14-5-3-2-4-6-14/h2-6,15-17H,7-13H2,1H3/t16-,17+/m1/s1. The van der Waals surface area contributed by atoms with Crippen molar-refractivity contribution < 1.29 is 9.53 Å². The van der Waals surface area contributed by atoms with Gasteiger partial charge in [0.2, 0.25) is 0 Å². The number of piperidine rings is 1. The zero-order valence-electron chi connectivity index (χ0n) is 12.8. The summed E-state index contributed by atoms with van der Waals surface area (Å²) in [6.45, 7) is 2.12. The van der Waals surface area contributed by atoms with Crippen LogP contribution in [0.1, 0.15) is 42.5 Å². The van der Waals surface area contributed by atoms with Crippen LogP contribution in [0.4, 0.5) is 0 Å². The molecule has 1 aliphatic carbocycles. The van der Waals surface area contributed by atoms with Crippen LogP contribution in [0.5, 0.6) is 0 Å². The lowest BCUT2D eigenvalue weighted by molar-refractivity contribution is 0.0732. The molecule has 0 spiro atoms. The summed E-state index contributed by atoms with van der Waals surface area (Å²) in [5, 5.41) is 0. The minimum Gasteiger partial charge on any atom is -0.381 e. The Morgan fingerprint density at radius 3 is 2.43 bits per heavy atom. The largest absolute Gasteiger partial charge is 0.381 e. The number of rotatable bonds is 4. The minimum absolute atomic E-state index is 0.211. The first-order valence-corrected chi connectivity index (χ1v) is 8.14. The molecule has 0 N–H and O–H groups in total. The summed E-state index contributed by atoms with van der Waals surface area (Å²) in [5.74, 6) is 0.541. The zero-order valence-corrected chi connectivity index (χ0v) is 12.8. The summed E-state index contributed by atoms with van der Waals surface area (Å²) in [7, 11) is 1.82. The highest BCUT2D eigenvalue weighted by Crippen LogP contribution is 2.30. The first-order valence-electron chi connectivity index (χ1n) is 8.14. The van der Waals surface area contributed by atoms with Gasteiger partial charge in [-0.3, -0.25) is 4.79 Å². The number of nitrogens with zero attached hydrogens (tertiary/aromatic N) is 1. The SMILES string of the molecule is CO[C@H]1CC[C@@H](N2CCC(C(=O)c3ccccc3)CC2)C1. The highest BCUT2D eigenvalue weighted by molar-refractivity contribution is 5.97. The Labute approximate surface area is 127 Å². The van der Waals surface area contributed by atoms with Gasteiger partial charge >= 0.3 is 0 Å². The van der Waals surface area contributed by atoms with E-state index in [-0.39, 0.29) is 5.92 Å². The molecule has 0 unspecified atom stereocenters. The number of likely N-dealkylation sites (tertiary alicyclic amines) is 1. The molecular weight excluding hydrogens is 262 g/mol. The highest BCUT2D eigenvalue weighted by atomic mass is 16.5. The topological polar surface area (TPSA) is 29.5 Å². The van der Waals surface area contributed by atoms with Crippen molar-refractivity contribution in [3.63, 3.8) is 0 Å². The fraction of sp³-hybridized carbons (Fsp3) is 0.611. The van der Waals surface area contributed by atoms with Gasteiger partial charge in [0.05, 0.1) is 6.10 Å². The number of hydrogen-bond donors (Lipinski definition) is 0. The van der Waals surface area contributed by atoms with Gasteiger partial charge in [-0.1, -0.05) is 30.3 Å². The number of ketones is 1. The molecule has 1 saturated carbocycles. The quantitative estimate of drug-likeness (QED) is 0.797. The molecule has 3 nitrogen and oxygen atoms in total. The van der Waals surface area contributed by atoms with Crippen LogP contribution in [0.15, 0.2) is 30.3 Å². The van der Waals surface area contributed by atoms with Crippen molar-refractivity contribution in [3.05, 3.63) is 35.9 Å². The van der Waals surface area contributed by atoms with Crippen LogP contribution in [0.3, 0.4) is 0 Å². The van der Waals surface area contributed by atoms with Crippen LogP contribution in [0, 0.1) is 5.92 Å². The van der Waals surface area contributed by atoms with E-state index in [9.17, 15) is 4.79 Å². The van der Waals surface area contributed by atoms with Crippen LogP contribution in [0.2, 0.25) is 0 Å². The Morgan fingerprint density at radius 1 is 1.10 bits per heavy atom. The van der Waals surface area contributed by atoms with Gasteiger partial charge in [0.15, 0.2) is 5.78 Å². The summed E-state index contributed by atoms with van der Waals surface area (Å²) in [6.07, 6.45) is 6.04. The maximum Gasteiger partial charge on any atom is 0.166 e. The molecule has 2 atom stereocenters. The van der Waals surface area contributed by atoms with Crippen LogP contribution in [-0.2, 0) is 4.74 Å². The Bertz CT molecular complexity index is 465. The normalized spacial score (nSPS) is 27.9. The maximum absolute atomic E-state index is 12.5. The van der Waals surface area contributed by atoms with Crippen molar-refractivity contribution in [2.24, 2.45) is 5.92 Å². The summed E-state index contributed by atoms with van der Waals surface area (Å²) in [4.78, 5) is 15.1. The van der Waals surface area contributed by atoms with E-state index >= 15 is 0 Å². The molecule has 2 aliphatic rings. The van der Waals surface area contributed by atoms with Crippen LogP contribution >= 0.6 is 0 Å². The van der Waals surface area contributed by atoms with E-state index in [1.807, 2.05) is 37.4 Å². The predicted molar refractivity (Wildman–Crippen MR) is 83.5 cm³/mol. The van der Waals surface area contributed by atoms with Gasteiger partial charge in [-0.05, 0) is 45.2 Å². The lowest BCUT2D eigenvalue weighted by atomic mass is 9.88. The molecule has 2 fully saturated rings. The van der Waals surface area contributed by atoms with Gasteiger partial charge < -0.3 is 9.64 Å². The van der Waals surface area contributed by atoms with Gasteiger partial charge in [-0.2, -0.15) is 0 Å². The Hall–Kier alpha value is -1.19. The summed E-state index contributed by atoms with van der Waals surface area (Å²) >= 11 is 0. The molecule has 0 bridgehead atoms. The average molecular weight is 287 g/mol. The molecule has 0 amide bonds. The van der Waals surface area contributed by atoms with Gasteiger partial charge in [-0.15, -0.1) is 0 Å². The third-order valence-electron chi connectivity index (χ3n) is 5.17. The van der Waals surface area contributed by atoms with Crippen LogP contribution < -0.4 is 0 Å². The van der Waals surface area contributed by atoms with Crippen molar-refractivity contribution in [3.8, 4) is 0 Å². The molecular formula is C18H25NO2. The molecule has 1 aromatic carbocycles. The van der Waals surface area contributed by atoms with Gasteiger partial charge in [0, 0.05) is 24.6 Å². The fourth-order valence-electron chi connectivity index (χ4n) is 3.83. The van der Waals surface area contributed by atoms with E-state index in [0.717, 1.165) is 37.9 Å². The molecule has 1 aromatic rings. The van der Waals surface area contributed by atoms with E-state index in [4.69, 9.17) is 4.74 Å². The number of hydrogen-bond acceptors (Lipinski definition) is 3. The molecule has 21 heavy (non-hydrogen) atoms. The minimum atomic E-state index is 0.211. The lowest BCUT2D eigenvalue weighted by Gasteiger charge is -2.35. The Kier molecular flexibility index (Phi) is 4.71. The van der Waals surface area contributed by atoms with E-state index in [2.05, 4.69) is 4.90 Å². The van der Waals surface area contributed by atoms with Crippen molar-refractivity contribution in [2.45, 2.75) is 44.2 Å². The van der Waals surface area contributed by atoms with Crippen molar-refractivity contribution in [2.75, 3.05) is 20.2 Å². The summed E-state index contributed by atoms with van der Waals surface area (Å²) in [5.41, 5.74) is 0.872. The Balaban J connectivity index is 1.52. The van der Waals surface area contributed by atoms with Gasteiger partial charge in [0.25, 0.3) is 0 Å². The van der Waals surface area contributed by atoms with Crippen molar-refractivity contribution >= 4 is 5.78 Å². The predicted octanol–water partition coefficient (Wildman–Crippen LogP) is 3.15. The number of carbonyl (C=O) groups is 1. The average Bonchev–Trinajstić information content (AvgIpc) is 3.04. The second kappa shape index (κ2) is 6.71. The Morgan fingerprint density at radius 2 is 1.81 bits per heavy atom. The zero-order chi connectivity index (χ0) is 14.7. The lowest BCUT2D eigenvalue weighted by Crippen LogP contribution is -2.42. The molecule has 1 heterocycles. The van der Waals surface area contributed by atoms with Crippen LogP contribution in [-0.4, -0.2) is 43.0 Å². The van der Waals surface area contributed by atoms with E-state index in [0.29, 0.717) is 17.9 Å². The number of carbonyl (C=O) groups excluding carboxylic acids is 1. The third-order valence-corrected chi connectivity index (χ3v) is 5.17. The van der Waals surface area contributed by atoms with E-state index in [1.54, 1.807) is 0 Å². The molecule has 0 aromatic heterocycles. The van der Waals surface area contributed by atoms with Gasteiger partial charge in [0.1, 0.15) is 0 Å². The number of methoxy groups -OCH3 is 1. The first-order chi connectivity index (χ1) is 10.3. The maximum atomic E-state index is 12.5. The fourth-order valence-corrected chi connectivity index (χ4v) is 3.83. The van der Waals surface area contributed by atoms with Crippen molar-refractivity contribution in [1.82, 2.24) is 4.90 Å². The monoisotopic (exact) mass is 287 g/mol. The smallest absolute Gasteiger partial charge is 0.166 e. The van der Waals surface area contributed by atoms with Gasteiger partial charge in [-0.25, -0.2) is 0 Å². The molecule has 0 radical (unpaired) electrons. The highest BCUT2D eigenvalue weighted by Gasteiger charge is 2.33. The van der Waals surface area contributed by atoms with E-state index in [1.165, 1.54) is 12.8 Å². The second-order valence-corrected chi connectivity index (χ2v) is 6.37. The second-order valence-electron chi connectivity index (χ2n) is 6.37. The number of ether oxygens (including phenoxy) is 1. The van der Waals surface area contributed by atoms with Crippen molar-refractivity contribution in [1.29, 1.82) is 0 Å². The molecule has 1 aliphatic heterocycles. The first kappa shape index (κ1) is 14.7. The third kappa shape index (κ3) is 3.35. The summed E-state index contributed by atoms with van der Waals surface area (Å²) in [6, 6.07) is 10.4. The van der Waals surface area contributed by atoms with Crippen LogP contribution in [0.25, 0.3) is 0 Å². The molecule has 3 rings (SSSR count). The summed E-state index contributed by atoms with van der Waals surface area (Å²) < 4.78 is 5.47. The number of Topliss-reactive ketones (excluding diaryl/α,β-unsaturated/α-hetero) is 1. The van der Waals surface area contributed by atoms with E-state index < -0.39 is 0 Å². The molecule has 114 valence electrons. The molecule has 3 heteroatoms.